The van der Waals surface area contributed by atoms with Gasteiger partial charge >= 0.3 is 0 Å². The summed E-state index contributed by atoms with van der Waals surface area (Å²) in [6.07, 6.45) is 9.06. The van der Waals surface area contributed by atoms with Gasteiger partial charge in [0.15, 0.2) is 0 Å². The minimum Gasteiger partial charge on any atom is -0.382 e. The summed E-state index contributed by atoms with van der Waals surface area (Å²) in [4.78, 5) is 0. The summed E-state index contributed by atoms with van der Waals surface area (Å²) < 4.78 is 0. The van der Waals surface area contributed by atoms with Crippen LogP contribution < -0.4 is 5.32 Å². The number of nitrogens with one attached hydrogen (secondary N) is 1. The van der Waals surface area contributed by atoms with Gasteiger partial charge in [-0.1, -0.05) is 12.1 Å². The monoisotopic (exact) mass is 283 g/mol. The lowest BCUT2D eigenvalue weighted by Crippen LogP contribution is -2.52. The molecule has 0 aliphatic heterocycles. The van der Waals surface area contributed by atoms with Crippen molar-refractivity contribution in [3.05, 3.63) is 29.3 Å². The summed E-state index contributed by atoms with van der Waals surface area (Å²) in [7, 11) is 0. The molecule has 5 rings (SSSR count). The van der Waals surface area contributed by atoms with Gasteiger partial charge in [0, 0.05) is 11.7 Å². The highest BCUT2D eigenvalue weighted by molar-refractivity contribution is 5.54. The van der Waals surface area contributed by atoms with E-state index in [1.54, 1.807) is 0 Å². The molecule has 0 saturated heterocycles. The Labute approximate surface area is 129 Å². The molecule has 0 amide bonds. The fourth-order valence-electron chi connectivity index (χ4n) is 6.00. The highest BCUT2D eigenvalue weighted by atomic mass is 14.9. The third-order valence-electron chi connectivity index (χ3n) is 6.98. The zero-order valence-corrected chi connectivity index (χ0v) is 13.8. The van der Waals surface area contributed by atoms with Crippen LogP contribution in [0.5, 0.6) is 0 Å². The summed E-state index contributed by atoms with van der Waals surface area (Å²) in [5.41, 5.74) is 4.77. The normalized spacial score (nSPS) is 38.5. The standard InChI is InChI=1S/C20H29N/c1-13-5-4-6-19(14(13)2)21-15(3)20-10-16-7-17(11-20)9-18(8-16)12-20/h4-6,15-18,21H,7-12H2,1-3H3. The lowest BCUT2D eigenvalue weighted by atomic mass is 9.48. The molecule has 1 nitrogen and oxygen atoms in total. The van der Waals surface area contributed by atoms with Crippen LogP contribution >= 0.6 is 0 Å². The van der Waals surface area contributed by atoms with Crippen molar-refractivity contribution in [2.24, 2.45) is 23.2 Å². The Hall–Kier alpha value is -0.980. The molecule has 1 atom stereocenters. The van der Waals surface area contributed by atoms with Gasteiger partial charge in [0.2, 0.25) is 0 Å². The molecule has 1 aromatic rings. The van der Waals surface area contributed by atoms with Crippen molar-refractivity contribution in [2.75, 3.05) is 5.32 Å². The second-order valence-electron chi connectivity index (χ2n) is 8.39. The van der Waals surface area contributed by atoms with Gasteiger partial charge in [-0.15, -0.1) is 0 Å². The topological polar surface area (TPSA) is 12.0 Å². The molecule has 0 heterocycles. The molecule has 1 N–H and O–H groups in total. The molecule has 0 aromatic heterocycles. The maximum absolute atomic E-state index is 3.91. The number of hydrogen-bond donors (Lipinski definition) is 1. The number of benzene rings is 1. The Bertz CT molecular complexity index is 509. The zero-order chi connectivity index (χ0) is 14.6. The number of hydrogen-bond acceptors (Lipinski definition) is 1. The summed E-state index contributed by atoms with van der Waals surface area (Å²) in [5, 5.41) is 3.91. The maximum atomic E-state index is 3.91. The first-order chi connectivity index (χ1) is 10.1. The summed E-state index contributed by atoms with van der Waals surface area (Å²) >= 11 is 0. The first-order valence-electron chi connectivity index (χ1n) is 8.88. The average Bonchev–Trinajstić information content (AvgIpc) is 2.42. The second kappa shape index (κ2) is 4.76. The fraction of sp³-hybridized carbons (Fsp3) is 0.700. The van der Waals surface area contributed by atoms with Crippen LogP contribution in [0.3, 0.4) is 0 Å². The third kappa shape index (κ3) is 2.20. The van der Waals surface area contributed by atoms with Crippen molar-refractivity contribution in [1.29, 1.82) is 0 Å². The van der Waals surface area contributed by atoms with Crippen LogP contribution in [0.1, 0.15) is 56.6 Å². The largest absolute Gasteiger partial charge is 0.382 e. The fourth-order valence-corrected chi connectivity index (χ4v) is 6.00. The molecule has 21 heavy (non-hydrogen) atoms. The van der Waals surface area contributed by atoms with Crippen LogP contribution in [0.2, 0.25) is 0 Å². The van der Waals surface area contributed by atoms with Crippen LogP contribution in [0.15, 0.2) is 18.2 Å². The van der Waals surface area contributed by atoms with E-state index < -0.39 is 0 Å². The molecule has 1 unspecified atom stereocenters. The van der Waals surface area contributed by atoms with Crippen molar-refractivity contribution in [3.8, 4) is 0 Å². The Morgan fingerprint density at radius 2 is 1.57 bits per heavy atom. The highest BCUT2D eigenvalue weighted by Crippen LogP contribution is 2.61. The van der Waals surface area contributed by atoms with Crippen molar-refractivity contribution < 1.29 is 0 Å². The van der Waals surface area contributed by atoms with E-state index in [1.165, 1.54) is 55.3 Å². The average molecular weight is 283 g/mol. The van der Waals surface area contributed by atoms with E-state index in [1.807, 2.05) is 0 Å². The Morgan fingerprint density at radius 3 is 2.14 bits per heavy atom. The molecule has 4 fully saturated rings. The Balaban J connectivity index is 1.57. The SMILES string of the molecule is Cc1cccc(NC(C)C23CC4CC(CC(C4)C2)C3)c1C. The molecule has 4 saturated carbocycles. The van der Waals surface area contributed by atoms with E-state index in [0.29, 0.717) is 11.5 Å². The van der Waals surface area contributed by atoms with Crippen molar-refractivity contribution in [1.82, 2.24) is 0 Å². The Morgan fingerprint density at radius 1 is 1.00 bits per heavy atom. The first kappa shape index (κ1) is 13.7. The molecule has 4 aliphatic rings. The van der Waals surface area contributed by atoms with Gasteiger partial charge in [-0.05, 0) is 99.7 Å². The van der Waals surface area contributed by atoms with Gasteiger partial charge in [0.25, 0.3) is 0 Å². The van der Waals surface area contributed by atoms with Crippen LogP contribution in [-0.4, -0.2) is 6.04 Å². The molecular weight excluding hydrogens is 254 g/mol. The summed E-state index contributed by atoms with van der Waals surface area (Å²) in [5.74, 6) is 3.12. The highest BCUT2D eigenvalue weighted by Gasteiger charge is 2.53. The lowest BCUT2D eigenvalue weighted by Gasteiger charge is -2.59. The minimum atomic E-state index is 0.588. The van der Waals surface area contributed by atoms with Gasteiger partial charge in [-0.25, -0.2) is 0 Å². The molecule has 114 valence electrons. The lowest BCUT2D eigenvalue weighted by molar-refractivity contribution is -0.0602. The second-order valence-corrected chi connectivity index (χ2v) is 8.39. The van der Waals surface area contributed by atoms with E-state index in [4.69, 9.17) is 0 Å². The maximum Gasteiger partial charge on any atom is 0.0374 e. The van der Waals surface area contributed by atoms with Gasteiger partial charge in [0.05, 0.1) is 0 Å². The van der Waals surface area contributed by atoms with Crippen molar-refractivity contribution in [3.63, 3.8) is 0 Å². The number of rotatable bonds is 3. The smallest absolute Gasteiger partial charge is 0.0374 e. The minimum absolute atomic E-state index is 0.588. The predicted octanol–water partition coefficient (Wildman–Crippen LogP) is 5.32. The molecule has 1 aromatic carbocycles. The van der Waals surface area contributed by atoms with Crippen LogP contribution in [-0.2, 0) is 0 Å². The van der Waals surface area contributed by atoms with Crippen LogP contribution in [0.4, 0.5) is 5.69 Å². The molecular formula is C20H29N. The van der Waals surface area contributed by atoms with E-state index in [0.717, 1.165) is 17.8 Å². The quantitative estimate of drug-likeness (QED) is 0.791. The van der Waals surface area contributed by atoms with Gasteiger partial charge in [-0.2, -0.15) is 0 Å². The molecule has 0 radical (unpaired) electrons. The molecule has 4 bridgehead atoms. The van der Waals surface area contributed by atoms with E-state index in [-0.39, 0.29) is 0 Å². The summed E-state index contributed by atoms with van der Waals surface area (Å²) in [6.45, 7) is 6.93. The molecule has 0 spiro atoms. The van der Waals surface area contributed by atoms with Crippen LogP contribution in [0, 0.1) is 37.0 Å². The first-order valence-corrected chi connectivity index (χ1v) is 8.88. The van der Waals surface area contributed by atoms with E-state index in [9.17, 15) is 0 Å². The molecule has 4 aliphatic carbocycles. The predicted molar refractivity (Wildman–Crippen MR) is 89.6 cm³/mol. The van der Waals surface area contributed by atoms with E-state index >= 15 is 0 Å². The summed E-state index contributed by atoms with van der Waals surface area (Å²) in [6, 6.07) is 7.29. The van der Waals surface area contributed by atoms with E-state index in [2.05, 4.69) is 44.3 Å². The number of anilines is 1. The van der Waals surface area contributed by atoms with Crippen molar-refractivity contribution in [2.45, 2.75) is 65.3 Å². The molecule has 1 heteroatoms. The zero-order valence-electron chi connectivity index (χ0n) is 13.8. The van der Waals surface area contributed by atoms with Crippen molar-refractivity contribution >= 4 is 5.69 Å². The van der Waals surface area contributed by atoms with Crippen LogP contribution in [0.25, 0.3) is 0 Å². The Kier molecular flexibility index (Phi) is 3.10. The van der Waals surface area contributed by atoms with Gasteiger partial charge in [-0.3, -0.25) is 0 Å². The van der Waals surface area contributed by atoms with Gasteiger partial charge in [0.1, 0.15) is 0 Å². The third-order valence-corrected chi connectivity index (χ3v) is 6.98. The van der Waals surface area contributed by atoms with Gasteiger partial charge < -0.3 is 5.32 Å². The number of aryl methyl sites for hydroxylation is 1.